The monoisotopic (exact) mass is 399 g/mol. The molecule has 26 heavy (non-hydrogen) atoms. The molecule has 3 rings (SSSR count). The van der Waals surface area contributed by atoms with Crippen LogP contribution >= 0.6 is 23.1 Å². The molecule has 1 N–H and O–H groups in total. The number of rotatable bonds is 7. The second-order valence-electron chi connectivity index (χ2n) is 4.92. The number of anilines is 1. The number of hydrogen-bond acceptors (Lipinski definition) is 8. The van der Waals surface area contributed by atoms with Crippen LogP contribution in [0.4, 0.5) is 18.3 Å². The van der Waals surface area contributed by atoms with E-state index in [1.54, 1.807) is 6.08 Å². The number of nitrogens with zero attached hydrogens (tertiary/aromatic N) is 4. The van der Waals surface area contributed by atoms with Gasteiger partial charge in [-0.15, -0.1) is 16.8 Å². The average molecular weight is 399 g/mol. The van der Waals surface area contributed by atoms with Crippen LogP contribution < -0.4 is 5.32 Å². The molecule has 0 aliphatic rings. The fourth-order valence-corrected chi connectivity index (χ4v) is 3.46. The van der Waals surface area contributed by atoms with Crippen molar-refractivity contribution in [1.29, 1.82) is 0 Å². The number of halogens is 3. The van der Waals surface area contributed by atoms with E-state index < -0.39 is 11.7 Å². The highest BCUT2D eigenvalue weighted by molar-refractivity contribution is 8.00. The van der Waals surface area contributed by atoms with E-state index in [0.717, 1.165) is 16.5 Å². The maximum Gasteiger partial charge on any atom is 0.416 e. The van der Waals surface area contributed by atoms with Crippen LogP contribution in [0.3, 0.4) is 0 Å². The maximum absolute atomic E-state index is 12.6. The Balaban J connectivity index is 1.61. The second-order valence-corrected chi connectivity index (χ2v) is 7.12. The van der Waals surface area contributed by atoms with E-state index in [4.69, 9.17) is 4.52 Å². The smallest absolute Gasteiger partial charge is 0.357 e. The molecule has 6 nitrogen and oxygen atoms in total. The zero-order valence-electron chi connectivity index (χ0n) is 13.2. The largest absolute Gasteiger partial charge is 0.416 e. The van der Waals surface area contributed by atoms with Gasteiger partial charge in [0.1, 0.15) is 0 Å². The van der Waals surface area contributed by atoms with Crippen LogP contribution in [0.15, 0.2) is 45.8 Å². The topological polar surface area (TPSA) is 76.7 Å². The molecular formula is C15H12F3N5OS2. The molecule has 0 amide bonds. The van der Waals surface area contributed by atoms with Crippen LogP contribution in [0.2, 0.25) is 0 Å². The van der Waals surface area contributed by atoms with E-state index >= 15 is 0 Å². The van der Waals surface area contributed by atoms with Gasteiger partial charge in [-0.05, 0) is 12.1 Å². The number of thioether (sulfide) groups is 1. The summed E-state index contributed by atoms with van der Waals surface area (Å²) in [7, 11) is 0. The van der Waals surface area contributed by atoms with Crippen molar-refractivity contribution in [3.8, 4) is 11.4 Å². The average Bonchev–Trinajstić information content (AvgIpc) is 3.27. The van der Waals surface area contributed by atoms with Crippen molar-refractivity contribution >= 4 is 28.2 Å². The highest BCUT2D eigenvalue weighted by Gasteiger charge is 2.30. The van der Waals surface area contributed by atoms with Crippen LogP contribution in [0.25, 0.3) is 11.4 Å². The van der Waals surface area contributed by atoms with Crippen molar-refractivity contribution in [2.24, 2.45) is 0 Å². The third-order valence-corrected chi connectivity index (χ3v) is 5.06. The number of alkyl halides is 3. The van der Waals surface area contributed by atoms with Gasteiger partial charge in [0, 0.05) is 12.1 Å². The fraction of sp³-hybridized carbons (Fsp3) is 0.200. The summed E-state index contributed by atoms with van der Waals surface area (Å²) >= 11 is 2.76. The zero-order chi connectivity index (χ0) is 18.6. The molecule has 136 valence electrons. The van der Waals surface area contributed by atoms with Crippen LogP contribution in [0.5, 0.6) is 0 Å². The van der Waals surface area contributed by atoms with Gasteiger partial charge in [-0.25, -0.2) is 0 Å². The molecule has 0 saturated heterocycles. The van der Waals surface area contributed by atoms with Gasteiger partial charge in [0.25, 0.3) is 0 Å². The third-order valence-electron chi connectivity index (χ3n) is 3.06. The molecular weight excluding hydrogens is 387 g/mol. The minimum absolute atomic E-state index is 0.236. The zero-order valence-corrected chi connectivity index (χ0v) is 14.8. The summed E-state index contributed by atoms with van der Waals surface area (Å²) in [4.78, 5) is 4.19. The standard InChI is InChI=1S/C15H12F3N5OS2/c1-2-7-19-13-21-22-14(26-13)25-8-11-20-12(23-24-11)9-3-5-10(6-4-9)15(16,17)18/h2-6H,1,7-8H2,(H,19,21). The summed E-state index contributed by atoms with van der Waals surface area (Å²) in [5.41, 5.74) is -0.275. The molecule has 0 aliphatic heterocycles. The molecule has 0 radical (unpaired) electrons. The summed E-state index contributed by atoms with van der Waals surface area (Å²) in [6, 6.07) is 4.60. The van der Waals surface area contributed by atoms with Crippen molar-refractivity contribution in [3.05, 3.63) is 48.4 Å². The Labute approximate surface area is 154 Å². The first-order valence-corrected chi connectivity index (χ1v) is 9.07. The van der Waals surface area contributed by atoms with E-state index in [1.807, 2.05) is 0 Å². The molecule has 0 unspecified atom stereocenters. The van der Waals surface area contributed by atoms with E-state index in [9.17, 15) is 13.2 Å². The van der Waals surface area contributed by atoms with Crippen LogP contribution in [-0.2, 0) is 11.9 Å². The van der Waals surface area contributed by atoms with Gasteiger partial charge in [-0.2, -0.15) is 18.2 Å². The third kappa shape index (κ3) is 4.61. The Morgan fingerprint density at radius 2 is 2.00 bits per heavy atom. The van der Waals surface area contributed by atoms with Gasteiger partial charge >= 0.3 is 6.18 Å². The summed E-state index contributed by atoms with van der Waals surface area (Å²) in [5, 5.41) is 15.5. The minimum atomic E-state index is -4.38. The molecule has 0 saturated carbocycles. The van der Waals surface area contributed by atoms with Crippen molar-refractivity contribution in [3.63, 3.8) is 0 Å². The quantitative estimate of drug-likeness (QED) is 0.463. The van der Waals surface area contributed by atoms with Crippen molar-refractivity contribution < 1.29 is 17.7 Å². The molecule has 0 spiro atoms. The molecule has 3 aromatic rings. The minimum Gasteiger partial charge on any atom is -0.357 e. The van der Waals surface area contributed by atoms with E-state index in [-0.39, 0.29) is 5.82 Å². The van der Waals surface area contributed by atoms with Gasteiger partial charge in [-0.3, -0.25) is 0 Å². The SMILES string of the molecule is C=CCNc1nnc(SCc2nc(-c3ccc(C(F)(F)F)cc3)no2)s1. The maximum atomic E-state index is 12.6. The van der Waals surface area contributed by atoms with Gasteiger partial charge in [0.05, 0.1) is 11.3 Å². The van der Waals surface area contributed by atoms with Gasteiger partial charge < -0.3 is 9.84 Å². The first kappa shape index (κ1) is 18.4. The van der Waals surface area contributed by atoms with Crippen LogP contribution in [0.1, 0.15) is 11.5 Å². The lowest BCUT2D eigenvalue weighted by Gasteiger charge is -2.05. The Bertz CT molecular complexity index is 876. The highest BCUT2D eigenvalue weighted by atomic mass is 32.2. The van der Waals surface area contributed by atoms with Crippen molar-refractivity contribution in [1.82, 2.24) is 20.3 Å². The molecule has 0 fully saturated rings. The molecule has 0 atom stereocenters. The summed E-state index contributed by atoms with van der Waals surface area (Å²) in [6.07, 6.45) is -2.66. The summed E-state index contributed by atoms with van der Waals surface area (Å²) in [5.74, 6) is 0.963. The lowest BCUT2D eigenvalue weighted by Crippen LogP contribution is -2.04. The van der Waals surface area contributed by atoms with Gasteiger partial charge in [-0.1, -0.05) is 46.5 Å². The van der Waals surface area contributed by atoms with Gasteiger partial charge in [0.15, 0.2) is 4.34 Å². The lowest BCUT2D eigenvalue weighted by molar-refractivity contribution is -0.137. The molecule has 2 heterocycles. The molecule has 0 bridgehead atoms. The summed E-state index contributed by atoms with van der Waals surface area (Å²) in [6.45, 7) is 4.20. The van der Waals surface area contributed by atoms with Gasteiger partial charge in [0.2, 0.25) is 16.8 Å². The molecule has 11 heteroatoms. The Morgan fingerprint density at radius 3 is 2.69 bits per heavy atom. The van der Waals surface area contributed by atoms with Crippen LogP contribution in [-0.4, -0.2) is 26.9 Å². The van der Waals surface area contributed by atoms with E-state index in [0.29, 0.717) is 28.9 Å². The lowest BCUT2D eigenvalue weighted by atomic mass is 10.1. The Kier molecular flexibility index (Phi) is 5.57. The Morgan fingerprint density at radius 1 is 1.23 bits per heavy atom. The predicted octanol–water partition coefficient (Wildman–Crippen LogP) is 4.50. The Hall–Kier alpha value is -2.40. The molecule has 2 aromatic heterocycles. The number of hydrogen-bond donors (Lipinski definition) is 1. The van der Waals surface area contributed by atoms with Crippen molar-refractivity contribution in [2.75, 3.05) is 11.9 Å². The second kappa shape index (κ2) is 7.87. The number of benzene rings is 1. The normalized spacial score (nSPS) is 11.5. The van der Waals surface area contributed by atoms with Crippen molar-refractivity contribution in [2.45, 2.75) is 16.3 Å². The highest BCUT2D eigenvalue weighted by Crippen LogP contribution is 2.31. The van der Waals surface area contributed by atoms with E-state index in [1.165, 1.54) is 35.2 Å². The summed E-state index contributed by atoms with van der Waals surface area (Å²) < 4.78 is 43.6. The fourth-order valence-electron chi connectivity index (χ4n) is 1.86. The number of aromatic nitrogens is 4. The first-order valence-electron chi connectivity index (χ1n) is 7.27. The first-order chi connectivity index (χ1) is 12.5. The van der Waals surface area contributed by atoms with E-state index in [2.05, 4.69) is 32.2 Å². The number of nitrogens with one attached hydrogen (secondary N) is 1. The molecule has 0 aliphatic carbocycles. The van der Waals surface area contributed by atoms with Crippen LogP contribution in [0, 0.1) is 0 Å². The predicted molar refractivity (Wildman–Crippen MR) is 92.9 cm³/mol. The molecule has 1 aromatic carbocycles.